The predicted molar refractivity (Wildman–Crippen MR) is 54.7 cm³/mol. The summed E-state index contributed by atoms with van der Waals surface area (Å²) in [5.74, 6) is -1.86. The summed E-state index contributed by atoms with van der Waals surface area (Å²) in [6, 6.07) is 4.21. The number of hydrogen-bond acceptors (Lipinski definition) is 5. The minimum atomic E-state index is -1.48. The first-order valence-corrected chi connectivity index (χ1v) is 4.44. The molecule has 0 aliphatic heterocycles. The van der Waals surface area contributed by atoms with Crippen LogP contribution in [0.15, 0.2) is 34.5 Å². The van der Waals surface area contributed by atoms with Crippen LogP contribution >= 0.6 is 0 Å². The zero-order valence-corrected chi connectivity index (χ0v) is 8.49. The molecule has 0 bridgehead atoms. The molecule has 1 unspecified atom stereocenters. The highest BCUT2D eigenvalue weighted by atomic mass is 16.4. The molecule has 1 aromatic rings. The second-order valence-corrected chi connectivity index (χ2v) is 3.08. The second-order valence-electron chi connectivity index (χ2n) is 3.08. The average Bonchev–Trinajstić information content (AvgIpc) is 2.20. The van der Waals surface area contributed by atoms with E-state index in [0.717, 1.165) is 6.92 Å². The number of carbonyl (C=O) groups is 2. The van der Waals surface area contributed by atoms with Gasteiger partial charge in [-0.2, -0.15) is 10.2 Å². The Morgan fingerprint density at radius 1 is 1.25 bits per heavy atom. The van der Waals surface area contributed by atoms with Crippen LogP contribution in [0.4, 0.5) is 5.69 Å². The van der Waals surface area contributed by atoms with E-state index in [9.17, 15) is 9.59 Å². The molecule has 1 atom stereocenters. The zero-order valence-electron chi connectivity index (χ0n) is 8.49. The molecule has 1 aromatic carbocycles. The van der Waals surface area contributed by atoms with E-state index in [0.29, 0.717) is 5.69 Å². The molecule has 6 heteroatoms. The van der Waals surface area contributed by atoms with Gasteiger partial charge in [0.15, 0.2) is 5.78 Å². The number of benzene rings is 1. The van der Waals surface area contributed by atoms with Crippen molar-refractivity contribution in [2.24, 2.45) is 10.2 Å². The number of Topliss-reactive ketones (excluding diaryl/α,β-unsaturated/α-hetero) is 1. The molecule has 0 radical (unpaired) electrons. The number of phenols is 1. The Bertz CT molecular complexity index is 411. The van der Waals surface area contributed by atoms with Crippen molar-refractivity contribution in [1.82, 2.24) is 0 Å². The topological polar surface area (TPSA) is 99.3 Å². The van der Waals surface area contributed by atoms with Crippen LogP contribution in [0.2, 0.25) is 0 Å². The molecule has 0 aliphatic rings. The van der Waals surface area contributed by atoms with Gasteiger partial charge in [0, 0.05) is 0 Å². The molecule has 16 heavy (non-hydrogen) atoms. The van der Waals surface area contributed by atoms with Crippen LogP contribution in [-0.4, -0.2) is 28.0 Å². The number of nitrogens with zero attached hydrogens (tertiary/aromatic N) is 2. The fourth-order valence-corrected chi connectivity index (χ4v) is 0.948. The predicted octanol–water partition coefficient (Wildman–Crippen LogP) is 1.52. The van der Waals surface area contributed by atoms with Crippen molar-refractivity contribution in [1.29, 1.82) is 0 Å². The number of aromatic hydroxyl groups is 1. The van der Waals surface area contributed by atoms with Crippen molar-refractivity contribution in [3.63, 3.8) is 0 Å². The van der Waals surface area contributed by atoms with Crippen molar-refractivity contribution >= 4 is 17.4 Å². The summed E-state index contributed by atoms with van der Waals surface area (Å²) in [7, 11) is 0. The first kappa shape index (κ1) is 11.8. The normalized spacial score (nSPS) is 12.6. The highest BCUT2D eigenvalue weighted by Gasteiger charge is 2.21. The lowest BCUT2D eigenvalue weighted by Crippen LogP contribution is -2.25. The summed E-state index contributed by atoms with van der Waals surface area (Å²) < 4.78 is 0. The van der Waals surface area contributed by atoms with Crippen LogP contribution in [0.3, 0.4) is 0 Å². The van der Waals surface area contributed by atoms with Gasteiger partial charge < -0.3 is 10.2 Å². The average molecular weight is 222 g/mol. The monoisotopic (exact) mass is 222 g/mol. The first-order valence-electron chi connectivity index (χ1n) is 4.44. The summed E-state index contributed by atoms with van der Waals surface area (Å²) >= 11 is 0. The maximum absolute atomic E-state index is 10.9. The highest BCUT2D eigenvalue weighted by Crippen LogP contribution is 2.17. The van der Waals surface area contributed by atoms with E-state index in [1.54, 1.807) is 0 Å². The summed E-state index contributed by atoms with van der Waals surface area (Å²) in [5, 5.41) is 24.7. The first-order chi connectivity index (χ1) is 7.50. The quantitative estimate of drug-likeness (QED) is 0.595. The Hall–Kier alpha value is -2.24. The van der Waals surface area contributed by atoms with Gasteiger partial charge in [0.1, 0.15) is 5.75 Å². The highest BCUT2D eigenvalue weighted by molar-refractivity contribution is 6.01. The molecule has 0 saturated heterocycles. The van der Waals surface area contributed by atoms with E-state index >= 15 is 0 Å². The van der Waals surface area contributed by atoms with Crippen molar-refractivity contribution in [3.05, 3.63) is 24.3 Å². The molecule has 6 nitrogen and oxygen atoms in total. The Morgan fingerprint density at radius 2 is 1.81 bits per heavy atom. The zero-order chi connectivity index (χ0) is 12.1. The SMILES string of the molecule is CC(=O)C(N=Nc1ccc(O)cc1)C(=O)O. The van der Waals surface area contributed by atoms with E-state index < -0.39 is 17.8 Å². The number of carbonyl (C=O) groups excluding carboxylic acids is 1. The fraction of sp³-hybridized carbons (Fsp3) is 0.200. The van der Waals surface area contributed by atoms with Gasteiger partial charge in [-0.3, -0.25) is 4.79 Å². The van der Waals surface area contributed by atoms with Crippen LogP contribution in [0.5, 0.6) is 5.75 Å². The van der Waals surface area contributed by atoms with Crippen LogP contribution in [0, 0.1) is 0 Å². The Balaban J connectivity index is 2.82. The minimum absolute atomic E-state index is 0.0697. The van der Waals surface area contributed by atoms with Crippen molar-refractivity contribution in [3.8, 4) is 5.75 Å². The van der Waals surface area contributed by atoms with Gasteiger partial charge in [-0.25, -0.2) is 4.79 Å². The van der Waals surface area contributed by atoms with E-state index in [2.05, 4.69) is 10.2 Å². The van der Waals surface area contributed by atoms with Crippen LogP contribution in [0.25, 0.3) is 0 Å². The lowest BCUT2D eigenvalue weighted by atomic mass is 10.2. The molecular formula is C10H10N2O4. The van der Waals surface area contributed by atoms with Crippen LogP contribution in [-0.2, 0) is 9.59 Å². The summed E-state index contributed by atoms with van der Waals surface area (Å²) in [6.45, 7) is 1.13. The largest absolute Gasteiger partial charge is 0.508 e. The van der Waals surface area contributed by atoms with E-state index in [-0.39, 0.29) is 5.75 Å². The van der Waals surface area contributed by atoms with Gasteiger partial charge in [-0.05, 0) is 31.2 Å². The third-order valence-corrected chi connectivity index (χ3v) is 1.76. The van der Waals surface area contributed by atoms with E-state index in [4.69, 9.17) is 10.2 Å². The molecule has 0 fully saturated rings. The van der Waals surface area contributed by atoms with Gasteiger partial charge in [0.25, 0.3) is 0 Å². The van der Waals surface area contributed by atoms with Crippen molar-refractivity contribution in [2.45, 2.75) is 13.0 Å². The Kier molecular flexibility index (Phi) is 3.71. The third-order valence-electron chi connectivity index (χ3n) is 1.76. The summed E-state index contributed by atoms with van der Waals surface area (Å²) in [6.07, 6.45) is 0. The maximum atomic E-state index is 10.9. The number of hydrogen-bond donors (Lipinski definition) is 2. The van der Waals surface area contributed by atoms with Crippen LogP contribution < -0.4 is 0 Å². The second kappa shape index (κ2) is 5.01. The van der Waals surface area contributed by atoms with E-state index in [1.807, 2.05) is 0 Å². The number of carboxylic acid groups (broad SMARTS) is 1. The third kappa shape index (κ3) is 3.16. The summed E-state index contributed by atoms with van der Waals surface area (Å²) in [4.78, 5) is 21.5. The molecular weight excluding hydrogens is 212 g/mol. The molecule has 1 rings (SSSR count). The smallest absolute Gasteiger partial charge is 0.338 e. The standard InChI is InChI=1S/C10H10N2O4/c1-6(13)9(10(15)16)12-11-7-2-4-8(14)5-3-7/h2-5,9,14H,1H3,(H,15,16). The van der Waals surface area contributed by atoms with Gasteiger partial charge in [-0.15, -0.1) is 0 Å². The number of aliphatic carboxylic acids is 1. The maximum Gasteiger partial charge on any atom is 0.338 e. The molecule has 0 amide bonds. The number of phenolic OH excluding ortho intramolecular Hbond substituents is 1. The molecule has 0 spiro atoms. The number of carboxylic acids is 1. The number of rotatable bonds is 4. The molecule has 0 heterocycles. The lowest BCUT2D eigenvalue weighted by molar-refractivity contribution is -0.141. The van der Waals surface area contributed by atoms with Gasteiger partial charge in [-0.1, -0.05) is 0 Å². The van der Waals surface area contributed by atoms with Gasteiger partial charge in [0.05, 0.1) is 5.69 Å². The van der Waals surface area contributed by atoms with E-state index in [1.165, 1.54) is 24.3 Å². The molecule has 0 aliphatic carbocycles. The lowest BCUT2D eigenvalue weighted by Gasteiger charge is -2.00. The molecule has 0 aromatic heterocycles. The molecule has 0 saturated carbocycles. The Morgan fingerprint density at radius 3 is 2.25 bits per heavy atom. The summed E-state index contributed by atoms with van der Waals surface area (Å²) in [5.41, 5.74) is 0.366. The fourth-order valence-electron chi connectivity index (χ4n) is 0.948. The van der Waals surface area contributed by atoms with Crippen LogP contribution in [0.1, 0.15) is 6.92 Å². The number of ketones is 1. The van der Waals surface area contributed by atoms with Crippen molar-refractivity contribution in [2.75, 3.05) is 0 Å². The Labute approximate surface area is 91.2 Å². The van der Waals surface area contributed by atoms with Gasteiger partial charge >= 0.3 is 5.97 Å². The minimum Gasteiger partial charge on any atom is -0.508 e. The number of azo groups is 1. The molecule has 2 N–H and O–H groups in total. The van der Waals surface area contributed by atoms with Crippen molar-refractivity contribution < 1.29 is 19.8 Å². The van der Waals surface area contributed by atoms with Gasteiger partial charge in [0.2, 0.25) is 6.04 Å². The molecule has 84 valence electrons.